The highest BCUT2D eigenvalue weighted by atomic mass is 16.5. The van der Waals surface area contributed by atoms with Crippen LogP contribution in [0.1, 0.15) is 49.9 Å². The first-order chi connectivity index (χ1) is 8.71. The molecule has 1 heterocycles. The first kappa shape index (κ1) is 13.3. The van der Waals surface area contributed by atoms with Gasteiger partial charge in [0, 0.05) is 24.9 Å². The molecule has 0 aliphatic heterocycles. The van der Waals surface area contributed by atoms with E-state index in [1.54, 1.807) is 0 Å². The van der Waals surface area contributed by atoms with Gasteiger partial charge in [-0.3, -0.25) is 0 Å². The summed E-state index contributed by atoms with van der Waals surface area (Å²) in [6, 6.07) is 0. The number of nitrogens with one attached hydrogen (secondary N) is 1. The van der Waals surface area contributed by atoms with Gasteiger partial charge in [-0.15, -0.1) is 0 Å². The zero-order valence-corrected chi connectivity index (χ0v) is 11.8. The van der Waals surface area contributed by atoms with Crippen molar-refractivity contribution in [1.29, 1.82) is 0 Å². The number of ether oxygens (including phenoxy) is 1. The molecule has 1 unspecified atom stereocenters. The summed E-state index contributed by atoms with van der Waals surface area (Å²) in [4.78, 5) is 9.34. The highest BCUT2D eigenvalue weighted by Crippen LogP contribution is 2.42. The molecule has 0 radical (unpaired) electrons. The Morgan fingerprint density at radius 2 is 2.06 bits per heavy atom. The molecule has 1 N–H and O–H groups in total. The maximum absolute atomic E-state index is 5.84. The van der Waals surface area contributed by atoms with Crippen molar-refractivity contribution in [3.63, 3.8) is 0 Å². The van der Waals surface area contributed by atoms with Crippen LogP contribution in [0.5, 0.6) is 0 Å². The van der Waals surface area contributed by atoms with E-state index in [-0.39, 0.29) is 6.10 Å². The van der Waals surface area contributed by atoms with Gasteiger partial charge >= 0.3 is 0 Å². The summed E-state index contributed by atoms with van der Waals surface area (Å²) in [6.45, 7) is 6.95. The molecule has 0 bridgehead atoms. The number of nitrogens with zero attached hydrogens (tertiary/aromatic N) is 2. The van der Waals surface area contributed by atoms with Crippen LogP contribution < -0.4 is 5.32 Å². The number of aryl methyl sites for hydroxylation is 1. The van der Waals surface area contributed by atoms with E-state index in [9.17, 15) is 0 Å². The highest BCUT2D eigenvalue weighted by Gasteiger charge is 2.35. The lowest BCUT2D eigenvalue weighted by Gasteiger charge is -2.18. The number of hydrogen-bond donors (Lipinski definition) is 1. The summed E-state index contributed by atoms with van der Waals surface area (Å²) >= 11 is 0. The molecular formula is C14H23N3O. The van der Waals surface area contributed by atoms with Gasteiger partial charge in [-0.2, -0.15) is 0 Å². The van der Waals surface area contributed by atoms with Crippen molar-refractivity contribution in [3.05, 3.63) is 17.1 Å². The second-order valence-corrected chi connectivity index (χ2v) is 4.82. The normalized spacial score (nSPS) is 16.7. The Kier molecular flexibility index (Phi) is 4.17. The van der Waals surface area contributed by atoms with Crippen LogP contribution in [0.25, 0.3) is 0 Å². The molecule has 4 nitrogen and oxygen atoms in total. The topological polar surface area (TPSA) is 47.0 Å². The molecule has 2 rings (SSSR count). The van der Waals surface area contributed by atoms with E-state index in [4.69, 9.17) is 9.72 Å². The van der Waals surface area contributed by atoms with Crippen molar-refractivity contribution in [1.82, 2.24) is 9.97 Å². The summed E-state index contributed by atoms with van der Waals surface area (Å²) < 4.78 is 5.84. The van der Waals surface area contributed by atoms with Crippen LogP contribution in [0.15, 0.2) is 0 Å². The van der Waals surface area contributed by atoms with Gasteiger partial charge in [-0.05, 0) is 39.0 Å². The molecular weight excluding hydrogens is 226 g/mol. The maximum atomic E-state index is 5.84. The van der Waals surface area contributed by atoms with E-state index in [0.29, 0.717) is 5.92 Å². The van der Waals surface area contributed by atoms with Crippen LogP contribution in [0, 0.1) is 12.8 Å². The highest BCUT2D eigenvalue weighted by molar-refractivity contribution is 5.45. The van der Waals surface area contributed by atoms with Gasteiger partial charge in [0.2, 0.25) is 0 Å². The van der Waals surface area contributed by atoms with Gasteiger partial charge in [0.15, 0.2) is 5.82 Å². The second-order valence-electron chi connectivity index (χ2n) is 4.82. The van der Waals surface area contributed by atoms with Gasteiger partial charge in [-0.25, -0.2) is 9.97 Å². The van der Waals surface area contributed by atoms with Crippen LogP contribution in [0.4, 0.5) is 5.82 Å². The number of hydrogen-bond acceptors (Lipinski definition) is 4. The van der Waals surface area contributed by atoms with Crippen LogP contribution >= 0.6 is 0 Å². The predicted molar refractivity (Wildman–Crippen MR) is 72.8 cm³/mol. The largest absolute Gasteiger partial charge is 0.373 e. The van der Waals surface area contributed by atoms with E-state index in [2.05, 4.69) is 24.1 Å². The maximum Gasteiger partial charge on any atom is 0.160 e. The molecule has 1 fully saturated rings. The lowest BCUT2D eigenvalue weighted by molar-refractivity contribution is 0.0399. The summed E-state index contributed by atoms with van der Waals surface area (Å²) in [6.07, 6.45) is 3.48. The van der Waals surface area contributed by atoms with Crippen molar-refractivity contribution in [2.75, 3.05) is 19.0 Å². The average molecular weight is 249 g/mol. The summed E-state index contributed by atoms with van der Waals surface area (Å²) in [5.41, 5.74) is 2.27. The third-order valence-corrected chi connectivity index (χ3v) is 3.49. The SMILES string of the molecule is CCOC(c1nc(CC)c(C)c(NC)n1)C1CC1. The molecule has 4 heteroatoms. The third kappa shape index (κ3) is 2.64. The Morgan fingerprint density at radius 1 is 1.33 bits per heavy atom. The molecule has 0 saturated heterocycles. The van der Waals surface area contributed by atoms with Crippen molar-refractivity contribution >= 4 is 5.82 Å². The number of anilines is 1. The van der Waals surface area contributed by atoms with Gasteiger partial charge in [0.1, 0.15) is 11.9 Å². The van der Waals surface area contributed by atoms with E-state index < -0.39 is 0 Å². The molecule has 0 amide bonds. The molecule has 0 aromatic carbocycles. The minimum atomic E-state index is 0.0769. The Bertz CT molecular complexity index is 390. The molecule has 1 aliphatic rings. The van der Waals surface area contributed by atoms with E-state index >= 15 is 0 Å². The zero-order chi connectivity index (χ0) is 13.1. The Hall–Kier alpha value is -1.16. The fourth-order valence-electron chi connectivity index (χ4n) is 2.30. The van der Waals surface area contributed by atoms with Crippen LogP contribution in [0.3, 0.4) is 0 Å². The van der Waals surface area contributed by atoms with Crippen molar-refractivity contribution in [2.45, 2.75) is 46.1 Å². The van der Waals surface area contributed by atoms with Gasteiger partial charge < -0.3 is 10.1 Å². The second kappa shape index (κ2) is 5.65. The molecule has 100 valence electrons. The first-order valence-corrected chi connectivity index (χ1v) is 6.88. The summed E-state index contributed by atoms with van der Waals surface area (Å²) in [5, 5.41) is 3.16. The fraction of sp³-hybridized carbons (Fsp3) is 0.714. The van der Waals surface area contributed by atoms with Crippen LogP contribution in [-0.4, -0.2) is 23.6 Å². The van der Waals surface area contributed by atoms with Gasteiger partial charge in [-0.1, -0.05) is 6.92 Å². The minimum Gasteiger partial charge on any atom is -0.373 e. The minimum absolute atomic E-state index is 0.0769. The standard InChI is InChI=1S/C14H23N3O/c1-5-11-9(3)13(15-4)17-14(16-11)12(18-6-2)10-7-8-10/h10,12H,5-8H2,1-4H3,(H,15,16,17). The molecule has 18 heavy (non-hydrogen) atoms. The Morgan fingerprint density at radius 3 is 2.56 bits per heavy atom. The van der Waals surface area contributed by atoms with Crippen LogP contribution in [0.2, 0.25) is 0 Å². The monoisotopic (exact) mass is 249 g/mol. The first-order valence-electron chi connectivity index (χ1n) is 6.88. The van der Waals surface area contributed by atoms with E-state index in [1.807, 2.05) is 14.0 Å². The molecule has 1 atom stereocenters. The molecule has 1 saturated carbocycles. The van der Waals surface area contributed by atoms with Crippen molar-refractivity contribution < 1.29 is 4.74 Å². The summed E-state index contributed by atoms with van der Waals surface area (Å²) in [7, 11) is 1.91. The quantitative estimate of drug-likeness (QED) is 0.842. The van der Waals surface area contributed by atoms with E-state index in [1.165, 1.54) is 12.8 Å². The Labute approximate surface area is 109 Å². The zero-order valence-electron chi connectivity index (χ0n) is 11.8. The molecule has 1 aromatic heterocycles. The lowest BCUT2D eigenvalue weighted by atomic mass is 10.1. The van der Waals surface area contributed by atoms with E-state index in [0.717, 1.165) is 35.9 Å². The predicted octanol–water partition coefficient (Wildman–Crippen LogP) is 2.88. The molecule has 0 spiro atoms. The molecule has 1 aromatic rings. The van der Waals surface area contributed by atoms with Crippen molar-refractivity contribution in [3.8, 4) is 0 Å². The number of rotatable bonds is 6. The smallest absolute Gasteiger partial charge is 0.160 e. The van der Waals surface area contributed by atoms with Gasteiger partial charge in [0.25, 0.3) is 0 Å². The fourth-order valence-corrected chi connectivity index (χ4v) is 2.30. The number of aromatic nitrogens is 2. The van der Waals surface area contributed by atoms with Gasteiger partial charge in [0.05, 0.1) is 0 Å². The lowest BCUT2D eigenvalue weighted by Crippen LogP contribution is -2.14. The third-order valence-electron chi connectivity index (χ3n) is 3.49. The summed E-state index contributed by atoms with van der Waals surface area (Å²) in [5.74, 6) is 2.40. The Balaban J connectivity index is 2.35. The average Bonchev–Trinajstić information content (AvgIpc) is 3.21. The van der Waals surface area contributed by atoms with Crippen LogP contribution in [-0.2, 0) is 11.2 Å². The molecule has 1 aliphatic carbocycles. The van der Waals surface area contributed by atoms with Crippen molar-refractivity contribution in [2.24, 2.45) is 5.92 Å².